The minimum atomic E-state index is 0.217. The van der Waals surface area contributed by atoms with Gasteiger partial charge in [-0.25, -0.2) is 0 Å². The third kappa shape index (κ3) is 3.99. The van der Waals surface area contributed by atoms with Crippen molar-refractivity contribution in [1.82, 2.24) is 9.80 Å². The van der Waals surface area contributed by atoms with E-state index in [0.717, 1.165) is 53.3 Å². The van der Waals surface area contributed by atoms with Gasteiger partial charge in [0.15, 0.2) is 5.17 Å². The van der Waals surface area contributed by atoms with Crippen LogP contribution in [0.25, 0.3) is 0 Å². The van der Waals surface area contributed by atoms with Crippen LogP contribution in [-0.4, -0.2) is 58.5 Å². The van der Waals surface area contributed by atoms with Crippen molar-refractivity contribution < 1.29 is 4.79 Å². The Bertz CT molecular complexity index is 809. The van der Waals surface area contributed by atoms with Crippen LogP contribution in [-0.2, 0) is 11.2 Å². The van der Waals surface area contributed by atoms with Crippen molar-refractivity contribution in [3.8, 4) is 0 Å². The van der Waals surface area contributed by atoms with Gasteiger partial charge < -0.3 is 9.80 Å². The van der Waals surface area contributed by atoms with Crippen LogP contribution in [0.3, 0.4) is 0 Å². The Labute approximate surface area is 161 Å². The highest BCUT2D eigenvalue weighted by Gasteiger charge is 2.25. The summed E-state index contributed by atoms with van der Waals surface area (Å²) >= 11 is 3.37. The quantitative estimate of drug-likeness (QED) is 0.817. The SMILES string of the molecule is O=C(Cc1cccs1)N1CCN(C2=NN=C(c3ccccc3)CS2)CC1. The van der Waals surface area contributed by atoms with Gasteiger partial charge in [0.05, 0.1) is 12.1 Å². The van der Waals surface area contributed by atoms with Crippen LogP contribution in [0.1, 0.15) is 10.4 Å². The molecule has 1 aromatic heterocycles. The number of rotatable bonds is 3. The maximum absolute atomic E-state index is 12.4. The Morgan fingerprint density at radius 2 is 1.81 bits per heavy atom. The largest absolute Gasteiger partial charge is 0.346 e. The van der Waals surface area contributed by atoms with Crippen molar-refractivity contribution >= 4 is 39.9 Å². The van der Waals surface area contributed by atoms with Gasteiger partial charge in [-0.1, -0.05) is 48.2 Å². The molecule has 0 aliphatic carbocycles. The zero-order valence-electron chi connectivity index (χ0n) is 14.4. The lowest BCUT2D eigenvalue weighted by Gasteiger charge is -2.36. The number of amidine groups is 1. The predicted molar refractivity (Wildman–Crippen MR) is 109 cm³/mol. The highest BCUT2D eigenvalue weighted by atomic mass is 32.2. The number of carbonyl (C=O) groups is 1. The third-order valence-electron chi connectivity index (χ3n) is 4.51. The lowest BCUT2D eigenvalue weighted by Crippen LogP contribution is -2.50. The van der Waals surface area contributed by atoms with Gasteiger partial charge in [0.25, 0.3) is 0 Å². The average molecular weight is 385 g/mol. The lowest BCUT2D eigenvalue weighted by molar-refractivity contribution is -0.131. The van der Waals surface area contributed by atoms with Gasteiger partial charge in [-0.05, 0) is 17.0 Å². The molecule has 0 radical (unpaired) electrons. The summed E-state index contributed by atoms with van der Waals surface area (Å²) in [6.45, 7) is 3.13. The first-order valence-corrected chi connectivity index (χ1v) is 10.5. The molecule has 1 aromatic carbocycles. The Balaban J connectivity index is 1.33. The Morgan fingerprint density at radius 1 is 1.00 bits per heavy atom. The molecule has 3 heterocycles. The second kappa shape index (κ2) is 8.05. The number of nitrogens with zero attached hydrogens (tertiary/aromatic N) is 4. The monoisotopic (exact) mass is 384 g/mol. The predicted octanol–water partition coefficient (Wildman–Crippen LogP) is 2.94. The van der Waals surface area contributed by atoms with Crippen molar-refractivity contribution in [3.05, 3.63) is 58.3 Å². The molecule has 1 amide bonds. The number of carbonyl (C=O) groups excluding carboxylic acids is 1. The molecule has 0 bridgehead atoms. The molecule has 0 N–H and O–H groups in total. The van der Waals surface area contributed by atoms with E-state index >= 15 is 0 Å². The molecule has 7 heteroatoms. The molecule has 2 aliphatic rings. The van der Waals surface area contributed by atoms with Crippen LogP contribution in [0.15, 0.2) is 58.0 Å². The molecule has 0 spiro atoms. The number of thiophene rings is 1. The zero-order valence-corrected chi connectivity index (χ0v) is 16.0. The summed E-state index contributed by atoms with van der Waals surface area (Å²) in [5, 5.41) is 11.8. The van der Waals surface area contributed by atoms with Crippen molar-refractivity contribution in [2.24, 2.45) is 10.2 Å². The summed E-state index contributed by atoms with van der Waals surface area (Å²) in [5.74, 6) is 1.05. The van der Waals surface area contributed by atoms with Crippen molar-refractivity contribution in [2.75, 3.05) is 31.9 Å². The van der Waals surface area contributed by atoms with Gasteiger partial charge in [-0.3, -0.25) is 4.79 Å². The number of piperazine rings is 1. The minimum Gasteiger partial charge on any atom is -0.346 e. The van der Waals surface area contributed by atoms with Crippen LogP contribution in [0.4, 0.5) is 0 Å². The second-order valence-electron chi connectivity index (χ2n) is 6.21. The Kier molecular flexibility index (Phi) is 5.36. The fourth-order valence-corrected chi connectivity index (χ4v) is 4.69. The highest BCUT2D eigenvalue weighted by Crippen LogP contribution is 2.20. The molecular weight excluding hydrogens is 364 g/mol. The van der Waals surface area contributed by atoms with Gasteiger partial charge in [0.2, 0.25) is 5.91 Å². The normalized spacial score (nSPS) is 17.7. The molecule has 5 nitrogen and oxygen atoms in total. The van der Waals surface area contributed by atoms with Crippen LogP contribution >= 0.6 is 23.1 Å². The van der Waals surface area contributed by atoms with E-state index in [9.17, 15) is 4.79 Å². The molecule has 0 unspecified atom stereocenters. The third-order valence-corrected chi connectivity index (χ3v) is 6.40. The number of amides is 1. The van der Waals surface area contributed by atoms with Gasteiger partial charge in [-0.2, -0.15) is 5.10 Å². The minimum absolute atomic E-state index is 0.217. The first-order valence-electron chi connectivity index (χ1n) is 8.67. The zero-order chi connectivity index (χ0) is 17.8. The molecule has 4 rings (SSSR count). The standard InChI is InChI=1S/C19H20N4OS2/c24-18(13-16-7-4-12-25-16)22-8-10-23(11-9-22)19-21-20-17(14-26-19)15-5-2-1-3-6-15/h1-7,12H,8-11,13-14H2. The number of hydrogen-bond acceptors (Lipinski definition) is 6. The van der Waals surface area contributed by atoms with E-state index in [1.807, 2.05) is 40.6 Å². The molecule has 1 saturated heterocycles. The lowest BCUT2D eigenvalue weighted by atomic mass is 10.1. The molecule has 2 aliphatic heterocycles. The molecule has 26 heavy (non-hydrogen) atoms. The second-order valence-corrected chi connectivity index (χ2v) is 8.18. The van der Waals surface area contributed by atoms with E-state index < -0.39 is 0 Å². The van der Waals surface area contributed by atoms with Crippen LogP contribution in [0, 0.1) is 0 Å². The first kappa shape index (κ1) is 17.3. The summed E-state index contributed by atoms with van der Waals surface area (Å²) in [5.41, 5.74) is 2.15. The van der Waals surface area contributed by atoms with E-state index in [4.69, 9.17) is 0 Å². The van der Waals surface area contributed by atoms with Gasteiger partial charge >= 0.3 is 0 Å². The van der Waals surface area contributed by atoms with Crippen molar-refractivity contribution in [1.29, 1.82) is 0 Å². The topological polar surface area (TPSA) is 48.3 Å². The molecule has 1 fully saturated rings. The maximum atomic E-state index is 12.4. The fourth-order valence-electron chi connectivity index (χ4n) is 3.04. The van der Waals surface area contributed by atoms with Crippen molar-refractivity contribution in [3.63, 3.8) is 0 Å². The van der Waals surface area contributed by atoms with E-state index in [2.05, 4.69) is 27.2 Å². The van der Waals surface area contributed by atoms with Gasteiger partial charge in [0.1, 0.15) is 0 Å². The summed E-state index contributed by atoms with van der Waals surface area (Å²) in [7, 11) is 0. The first-order chi connectivity index (χ1) is 12.8. The fraction of sp³-hybridized carbons (Fsp3) is 0.316. The maximum Gasteiger partial charge on any atom is 0.227 e. The van der Waals surface area contributed by atoms with E-state index in [1.54, 1.807) is 23.1 Å². The summed E-state index contributed by atoms with van der Waals surface area (Å²) < 4.78 is 0. The Morgan fingerprint density at radius 3 is 2.46 bits per heavy atom. The smallest absolute Gasteiger partial charge is 0.227 e. The van der Waals surface area contributed by atoms with E-state index in [1.165, 1.54) is 0 Å². The number of thioether (sulfide) groups is 1. The van der Waals surface area contributed by atoms with Crippen LogP contribution < -0.4 is 0 Å². The molecule has 134 valence electrons. The van der Waals surface area contributed by atoms with Gasteiger partial charge in [-0.15, -0.1) is 16.4 Å². The van der Waals surface area contributed by atoms with Crippen LogP contribution in [0.5, 0.6) is 0 Å². The summed E-state index contributed by atoms with van der Waals surface area (Å²) in [6, 6.07) is 14.2. The highest BCUT2D eigenvalue weighted by molar-refractivity contribution is 8.14. The summed E-state index contributed by atoms with van der Waals surface area (Å²) in [6.07, 6.45) is 0.512. The molecule has 0 saturated carbocycles. The average Bonchev–Trinajstić information content (AvgIpc) is 3.22. The van der Waals surface area contributed by atoms with Crippen molar-refractivity contribution in [2.45, 2.75) is 6.42 Å². The van der Waals surface area contributed by atoms with Crippen LogP contribution in [0.2, 0.25) is 0 Å². The molecule has 0 atom stereocenters. The number of benzene rings is 1. The summed E-state index contributed by atoms with van der Waals surface area (Å²) in [4.78, 5) is 17.7. The Hall–Kier alpha value is -2.12. The van der Waals surface area contributed by atoms with Gasteiger partial charge in [0, 0.05) is 36.8 Å². The molecule has 2 aromatic rings. The van der Waals surface area contributed by atoms with E-state index in [0.29, 0.717) is 6.42 Å². The van der Waals surface area contributed by atoms with E-state index in [-0.39, 0.29) is 5.91 Å². The molecular formula is C19H20N4OS2. The number of hydrogen-bond donors (Lipinski definition) is 0.